The maximum Gasteiger partial charge on any atom is 0.275 e. The van der Waals surface area contributed by atoms with Crippen LogP contribution in [0.1, 0.15) is 41.4 Å². The van der Waals surface area contributed by atoms with Gasteiger partial charge in [-0.25, -0.2) is 14.4 Å². The second kappa shape index (κ2) is 7.86. The highest BCUT2D eigenvalue weighted by Gasteiger charge is 2.39. The summed E-state index contributed by atoms with van der Waals surface area (Å²) in [6.45, 7) is -0.0171. The van der Waals surface area contributed by atoms with Crippen molar-refractivity contribution in [3.63, 3.8) is 0 Å². The number of aliphatic hydroxyl groups is 2. The molecule has 0 spiro atoms. The van der Waals surface area contributed by atoms with Crippen LogP contribution in [0.25, 0.3) is 11.0 Å². The molecular weight excluding hydrogens is 403 g/mol. The fourth-order valence-corrected chi connectivity index (χ4v) is 4.55. The van der Waals surface area contributed by atoms with Crippen molar-refractivity contribution in [3.05, 3.63) is 47.9 Å². The number of nitrogens with one attached hydrogen (secondary N) is 2. The number of anilines is 1. The zero-order valence-electron chi connectivity index (χ0n) is 16.6. The van der Waals surface area contributed by atoms with Crippen LogP contribution in [0.3, 0.4) is 0 Å². The number of nitrogens with zero attached hydrogens (tertiary/aromatic N) is 4. The number of halogens is 1. The number of alkyl halides is 1. The molecular formula is C21H23FN6O3. The molecule has 10 heteroatoms. The van der Waals surface area contributed by atoms with E-state index in [1.807, 2.05) is 30.3 Å². The smallest absolute Gasteiger partial charge is 0.275 e. The average molecular weight is 426 g/mol. The van der Waals surface area contributed by atoms with Gasteiger partial charge in [0, 0.05) is 6.42 Å². The highest BCUT2D eigenvalue weighted by molar-refractivity contribution is 6.07. The Kier molecular flexibility index (Phi) is 5.03. The molecule has 9 nitrogen and oxygen atoms in total. The third-order valence-corrected chi connectivity index (χ3v) is 6.16. The highest BCUT2D eigenvalue weighted by Crippen LogP contribution is 2.36. The zero-order chi connectivity index (χ0) is 21.5. The number of hydrogen-bond acceptors (Lipinski definition) is 7. The molecule has 1 aliphatic heterocycles. The number of aromatic amines is 1. The van der Waals surface area contributed by atoms with E-state index in [-0.39, 0.29) is 24.7 Å². The number of carbonyl (C=O) groups excluding carboxylic acids is 1. The number of aliphatic hydroxyl groups excluding tert-OH is 2. The van der Waals surface area contributed by atoms with Gasteiger partial charge in [0.1, 0.15) is 18.3 Å². The molecule has 1 amide bonds. The summed E-state index contributed by atoms with van der Waals surface area (Å²) in [6.07, 6.45) is -0.290. The number of hydrogen-bond donors (Lipinski definition) is 4. The molecule has 162 valence electrons. The van der Waals surface area contributed by atoms with Gasteiger partial charge >= 0.3 is 0 Å². The Balaban J connectivity index is 1.49. The van der Waals surface area contributed by atoms with Gasteiger partial charge in [-0.2, -0.15) is 5.10 Å². The van der Waals surface area contributed by atoms with Crippen LogP contribution in [-0.2, 0) is 0 Å². The summed E-state index contributed by atoms with van der Waals surface area (Å²) in [5, 5.41) is 30.4. The van der Waals surface area contributed by atoms with Gasteiger partial charge in [-0.15, -0.1) is 0 Å². The van der Waals surface area contributed by atoms with Gasteiger partial charge in [-0.05, 0) is 18.4 Å². The van der Waals surface area contributed by atoms with Crippen LogP contribution in [-0.4, -0.2) is 72.2 Å². The van der Waals surface area contributed by atoms with E-state index in [1.165, 1.54) is 11.2 Å². The molecule has 1 aromatic carbocycles. The first-order valence-corrected chi connectivity index (χ1v) is 10.3. The Labute approximate surface area is 177 Å². The van der Waals surface area contributed by atoms with E-state index in [1.54, 1.807) is 0 Å². The molecule has 2 aliphatic rings. The molecule has 1 saturated heterocycles. The number of aromatic nitrogens is 4. The molecule has 0 bridgehead atoms. The first-order chi connectivity index (χ1) is 15.0. The molecule has 2 aromatic heterocycles. The van der Waals surface area contributed by atoms with Crippen molar-refractivity contribution in [3.8, 4) is 0 Å². The molecule has 5 atom stereocenters. The van der Waals surface area contributed by atoms with Crippen molar-refractivity contribution >= 4 is 22.8 Å². The lowest BCUT2D eigenvalue weighted by atomic mass is 10.0. The first kappa shape index (κ1) is 19.8. The number of likely N-dealkylation sites (tertiary alicyclic amines) is 1. The lowest BCUT2D eigenvalue weighted by Crippen LogP contribution is -2.35. The Morgan fingerprint density at radius 1 is 1.19 bits per heavy atom. The van der Waals surface area contributed by atoms with Gasteiger partial charge in [0.05, 0.1) is 36.2 Å². The summed E-state index contributed by atoms with van der Waals surface area (Å²) in [6, 6.07) is 8.58. The maximum atomic E-state index is 14.3. The van der Waals surface area contributed by atoms with E-state index in [9.17, 15) is 19.4 Å². The van der Waals surface area contributed by atoms with E-state index in [4.69, 9.17) is 0 Å². The quantitative estimate of drug-likeness (QED) is 0.499. The van der Waals surface area contributed by atoms with Crippen LogP contribution in [0.5, 0.6) is 0 Å². The average Bonchev–Trinajstić information content (AvgIpc) is 3.48. The fourth-order valence-electron chi connectivity index (χ4n) is 4.55. The molecule has 0 unspecified atom stereocenters. The molecule has 1 saturated carbocycles. The standard InChI is InChI=1S/C21H23FN6O3/c22-12-8-14(11-4-2-1-3-5-11)28(9-12)21(31)17-16-19(23-10-24-20(16)27-26-17)25-13-6-7-15(29)18(13)30/h1-5,10,12-15,18,29-30H,6-9H2,(H2,23,24,25,26,27)/t12-,13+,14+,15+,18-/m0/s1. The van der Waals surface area contributed by atoms with Gasteiger partial charge in [0.15, 0.2) is 11.3 Å². The Bertz CT molecular complexity index is 1090. The monoisotopic (exact) mass is 426 g/mol. The molecule has 4 N–H and O–H groups in total. The van der Waals surface area contributed by atoms with Gasteiger partial charge in [0.25, 0.3) is 5.91 Å². The van der Waals surface area contributed by atoms with Crippen LogP contribution in [0.4, 0.5) is 10.2 Å². The largest absolute Gasteiger partial charge is 0.390 e. The summed E-state index contributed by atoms with van der Waals surface area (Å²) in [4.78, 5) is 23.4. The van der Waals surface area contributed by atoms with E-state index >= 15 is 0 Å². The topological polar surface area (TPSA) is 127 Å². The van der Waals surface area contributed by atoms with Gasteiger partial charge in [-0.1, -0.05) is 30.3 Å². The van der Waals surface area contributed by atoms with Crippen LogP contribution in [0, 0.1) is 0 Å². The van der Waals surface area contributed by atoms with Crippen molar-refractivity contribution in [2.24, 2.45) is 0 Å². The normalized spacial score (nSPS) is 28.4. The van der Waals surface area contributed by atoms with E-state index in [0.717, 1.165) is 5.56 Å². The summed E-state index contributed by atoms with van der Waals surface area (Å²) in [7, 11) is 0. The highest BCUT2D eigenvalue weighted by atomic mass is 19.1. The second-order valence-corrected chi connectivity index (χ2v) is 8.12. The summed E-state index contributed by atoms with van der Waals surface area (Å²) in [5.41, 5.74) is 1.33. The van der Waals surface area contributed by atoms with Crippen LogP contribution < -0.4 is 5.32 Å². The van der Waals surface area contributed by atoms with Crippen molar-refractivity contribution in [1.29, 1.82) is 0 Å². The van der Waals surface area contributed by atoms with Crippen molar-refractivity contribution in [2.75, 3.05) is 11.9 Å². The minimum absolute atomic E-state index is 0.0171. The number of fused-ring (bicyclic) bond motifs is 1. The minimum Gasteiger partial charge on any atom is -0.390 e. The molecule has 1 aliphatic carbocycles. The summed E-state index contributed by atoms with van der Waals surface area (Å²) < 4.78 is 14.3. The third kappa shape index (κ3) is 3.51. The van der Waals surface area contributed by atoms with Crippen LogP contribution in [0.2, 0.25) is 0 Å². The molecule has 5 rings (SSSR count). The third-order valence-electron chi connectivity index (χ3n) is 6.16. The fraction of sp³-hybridized carbons (Fsp3) is 0.429. The minimum atomic E-state index is -1.12. The van der Waals surface area contributed by atoms with E-state index in [2.05, 4.69) is 25.5 Å². The van der Waals surface area contributed by atoms with E-state index < -0.39 is 30.3 Å². The van der Waals surface area contributed by atoms with Crippen LogP contribution >= 0.6 is 0 Å². The van der Waals surface area contributed by atoms with Crippen LogP contribution in [0.15, 0.2) is 36.7 Å². The number of H-pyrrole nitrogens is 1. The van der Waals surface area contributed by atoms with Gasteiger partial charge in [-0.3, -0.25) is 9.89 Å². The molecule has 31 heavy (non-hydrogen) atoms. The Morgan fingerprint density at radius 2 is 2.00 bits per heavy atom. The van der Waals surface area contributed by atoms with E-state index in [0.29, 0.717) is 29.7 Å². The zero-order valence-corrected chi connectivity index (χ0v) is 16.6. The number of amides is 1. The molecule has 0 radical (unpaired) electrons. The summed E-state index contributed by atoms with van der Waals surface area (Å²) in [5.74, 6) is -0.0717. The van der Waals surface area contributed by atoms with Crippen molar-refractivity contribution < 1.29 is 19.4 Å². The molecule has 3 aromatic rings. The Morgan fingerprint density at radius 3 is 2.74 bits per heavy atom. The number of benzene rings is 1. The SMILES string of the molecule is O=C(c1n[nH]c2ncnc(N[C@@H]3CC[C@@H](O)[C@H]3O)c12)N1C[C@@H](F)C[C@@H]1c1ccccc1. The molecule has 3 heterocycles. The predicted octanol–water partition coefficient (Wildman–Crippen LogP) is 1.57. The lowest BCUT2D eigenvalue weighted by molar-refractivity contribution is 0.0392. The van der Waals surface area contributed by atoms with Crippen molar-refractivity contribution in [2.45, 2.75) is 49.7 Å². The van der Waals surface area contributed by atoms with Gasteiger partial charge < -0.3 is 20.4 Å². The lowest BCUT2D eigenvalue weighted by Gasteiger charge is -2.24. The maximum absolute atomic E-state index is 14.3. The molecule has 2 fully saturated rings. The predicted molar refractivity (Wildman–Crippen MR) is 110 cm³/mol. The van der Waals surface area contributed by atoms with Gasteiger partial charge in [0.2, 0.25) is 0 Å². The van der Waals surface area contributed by atoms with Crippen molar-refractivity contribution in [1.82, 2.24) is 25.1 Å². The summed E-state index contributed by atoms with van der Waals surface area (Å²) >= 11 is 0. The Hall–Kier alpha value is -3.11. The first-order valence-electron chi connectivity index (χ1n) is 10.3. The number of rotatable bonds is 4. The second-order valence-electron chi connectivity index (χ2n) is 8.12. The number of carbonyl (C=O) groups is 1.